The number of rotatable bonds is 8. The average Bonchev–Trinajstić information content (AvgIpc) is 3.56. The molecule has 9 nitrogen and oxygen atoms in total. The number of hydrogen-bond donors (Lipinski definition) is 1. The fraction of sp³-hybridized carbons (Fsp3) is 0.441. The molecule has 43 heavy (non-hydrogen) atoms. The topological polar surface area (TPSA) is 84.2 Å². The standard InChI is InChI=1S/C34H42N6O3/c1-21-32-31(37-33(40(32)17-16-35-21)23-12-10-22(11-13-23)20-38(2)3)24-14-15-26(30(18-24)43-6)36-34(41)28-19-25-27(39(28)4)8-7-9-29(25)42-5/h7-9,14-18,22-23,28H,10-13,19-20H2,1-6H3,(H,36,41)/t22-,23-,28?. The van der Waals surface area contributed by atoms with E-state index in [-0.39, 0.29) is 11.9 Å². The number of carbonyl (C=O) groups is 1. The number of nitrogens with one attached hydrogen (secondary N) is 1. The summed E-state index contributed by atoms with van der Waals surface area (Å²) in [6.45, 7) is 3.18. The Hall–Kier alpha value is -4.11. The molecule has 1 unspecified atom stereocenters. The van der Waals surface area contributed by atoms with Crippen LogP contribution in [-0.2, 0) is 11.2 Å². The molecule has 3 heterocycles. The Bertz CT molecular complexity index is 1640. The molecule has 6 rings (SSSR count). The summed E-state index contributed by atoms with van der Waals surface area (Å²) >= 11 is 0. The number of carbonyl (C=O) groups excluding carboxylic acids is 1. The Balaban J connectivity index is 1.26. The summed E-state index contributed by atoms with van der Waals surface area (Å²) in [5.41, 5.74) is 6.48. The summed E-state index contributed by atoms with van der Waals surface area (Å²) < 4.78 is 13.6. The highest BCUT2D eigenvalue weighted by molar-refractivity contribution is 6.00. The molecular weight excluding hydrogens is 540 g/mol. The first kappa shape index (κ1) is 29.0. The Morgan fingerprint density at radius 2 is 1.84 bits per heavy atom. The molecular formula is C34H42N6O3. The highest BCUT2D eigenvalue weighted by Crippen LogP contribution is 2.41. The van der Waals surface area contributed by atoms with Gasteiger partial charge in [0.05, 0.1) is 36.8 Å². The van der Waals surface area contributed by atoms with E-state index < -0.39 is 0 Å². The lowest BCUT2D eigenvalue weighted by Crippen LogP contribution is -2.39. The number of aromatic nitrogens is 3. The van der Waals surface area contributed by atoms with E-state index in [0.29, 0.717) is 23.8 Å². The number of fused-ring (bicyclic) bond motifs is 2. The predicted molar refractivity (Wildman–Crippen MR) is 170 cm³/mol. The molecule has 2 aliphatic rings. The number of likely N-dealkylation sites (N-methyl/N-ethyl adjacent to an activating group) is 1. The Kier molecular flexibility index (Phi) is 8.01. The highest BCUT2D eigenvalue weighted by Gasteiger charge is 2.34. The molecule has 0 saturated heterocycles. The summed E-state index contributed by atoms with van der Waals surface area (Å²) in [4.78, 5) is 27.7. The van der Waals surface area contributed by atoms with Crippen LogP contribution in [0.25, 0.3) is 16.8 Å². The molecule has 0 spiro atoms. The van der Waals surface area contributed by atoms with E-state index in [1.807, 2.05) is 67.7 Å². The molecule has 1 atom stereocenters. The molecule has 0 bridgehead atoms. The minimum absolute atomic E-state index is 0.0913. The maximum atomic E-state index is 13.5. The van der Waals surface area contributed by atoms with E-state index in [4.69, 9.17) is 14.5 Å². The van der Waals surface area contributed by atoms with Gasteiger partial charge in [-0.2, -0.15) is 0 Å². The van der Waals surface area contributed by atoms with Gasteiger partial charge in [0, 0.05) is 55.1 Å². The maximum Gasteiger partial charge on any atom is 0.247 e. The number of amides is 1. The predicted octanol–water partition coefficient (Wildman–Crippen LogP) is 5.56. The van der Waals surface area contributed by atoms with Crippen LogP contribution in [0.5, 0.6) is 11.5 Å². The van der Waals surface area contributed by atoms with E-state index in [1.165, 1.54) is 12.8 Å². The van der Waals surface area contributed by atoms with Gasteiger partial charge in [-0.1, -0.05) is 12.1 Å². The zero-order chi connectivity index (χ0) is 30.2. The van der Waals surface area contributed by atoms with Gasteiger partial charge in [-0.25, -0.2) is 4.98 Å². The van der Waals surface area contributed by atoms with Crippen LogP contribution >= 0.6 is 0 Å². The van der Waals surface area contributed by atoms with Crippen LogP contribution in [0.2, 0.25) is 0 Å². The van der Waals surface area contributed by atoms with Crippen molar-refractivity contribution in [2.75, 3.05) is 52.1 Å². The monoisotopic (exact) mass is 582 g/mol. The van der Waals surface area contributed by atoms with Gasteiger partial charge >= 0.3 is 0 Å². The lowest BCUT2D eigenvalue weighted by atomic mass is 9.81. The molecule has 1 amide bonds. The summed E-state index contributed by atoms with van der Waals surface area (Å²) in [5, 5.41) is 3.12. The van der Waals surface area contributed by atoms with Crippen LogP contribution in [0.4, 0.5) is 11.4 Å². The fourth-order valence-corrected chi connectivity index (χ4v) is 7.03. The van der Waals surface area contributed by atoms with E-state index in [9.17, 15) is 4.79 Å². The minimum Gasteiger partial charge on any atom is -0.496 e. The summed E-state index contributed by atoms with van der Waals surface area (Å²) in [6.07, 6.45) is 9.19. The van der Waals surface area contributed by atoms with Gasteiger partial charge in [-0.05, 0) is 76.9 Å². The second-order valence-corrected chi connectivity index (χ2v) is 12.2. The zero-order valence-corrected chi connectivity index (χ0v) is 26.1. The first-order valence-corrected chi connectivity index (χ1v) is 15.1. The van der Waals surface area contributed by atoms with Crippen LogP contribution in [0, 0.1) is 12.8 Å². The van der Waals surface area contributed by atoms with Crippen molar-refractivity contribution in [2.24, 2.45) is 5.92 Å². The first-order chi connectivity index (χ1) is 20.8. The average molecular weight is 583 g/mol. The smallest absolute Gasteiger partial charge is 0.247 e. The van der Waals surface area contributed by atoms with Crippen LogP contribution < -0.4 is 19.7 Å². The number of aryl methyl sites for hydroxylation is 1. The molecule has 226 valence electrons. The van der Waals surface area contributed by atoms with Gasteiger partial charge in [0.25, 0.3) is 0 Å². The van der Waals surface area contributed by atoms with Gasteiger partial charge in [-0.3, -0.25) is 14.2 Å². The van der Waals surface area contributed by atoms with Crippen molar-refractivity contribution < 1.29 is 14.3 Å². The molecule has 0 radical (unpaired) electrons. The van der Waals surface area contributed by atoms with Crippen LogP contribution in [-0.4, -0.2) is 73.1 Å². The third-order valence-electron chi connectivity index (χ3n) is 9.21. The molecule has 1 aliphatic heterocycles. The minimum atomic E-state index is -0.350. The summed E-state index contributed by atoms with van der Waals surface area (Å²) in [5.74, 6) is 3.57. The zero-order valence-electron chi connectivity index (χ0n) is 26.1. The number of imidazole rings is 1. The normalized spacial score (nSPS) is 20.0. The van der Waals surface area contributed by atoms with Gasteiger partial charge in [0.2, 0.25) is 5.91 Å². The van der Waals surface area contributed by atoms with Crippen molar-refractivity contribution in [3.63, 3.8) is 0 Å². The van der Waals surface area contributed by atoms with Crippen LogP contribution in [0.3, 0.4) is 0 Å². The second-order valence-electron chi connectivity index (χ2n) is 12.2. The SMILES string of the molecule is COc1cc(-c2nc([C@H]3CC[C@H](CN(C)C)CC3)n3ccnc(C)c23)ccc1NC(=O)C1Cc2c(OC)cccc2N1C. The third kappa shape index (κ3) is 5.42. The van der Waals surface area contributed by atoms with Crippen LogP contribution in [0.1, 0.15) is 48.7 Å². The van der Waals surface area contributed by atoms with Gasteiger partial charge in [0.15, 0.2) is 0 Å². The third-order valence-corrected chi connectivity index (χ3v) is 9.21. The molecule has 1 N–H and O–H groups in total. The summed E-state index contributed by atoms with van der Waals surface area (Å²) in [6, 6.07) is 11.5. The molecule has 9 heteroatoms. The summed E-state index contributed by atoms with van der Waals surface area (Å²) in [7, 11) is 9.56. The number of ether oxygens (including phenoxy) is 2. The molecule has 1 aliphatic carbocycles. The molecule has 1 saturated carbocycles. The second kappa shape index (κ2) is 11.9. The quantitative estimate of drug-likeness (QED) is 0.291. The van der Waals surface area contributed by atoms with Gasteiger partial charge < -0.3 is 24.6 Å². The fourth-order valence-electron chi connectivity index (χ4n) is 7.03. The number of benzene rings is 2. The molecule has 2 aromatic carbocycles. The largest absolute Gasteiger partial charge is 0.496 e. The van der Waals surface area contributed by atoms with Crippen molar-refractivity contribution in [1.82, 2.24) is 19.3 Å². The van der Waals surface area contributed by atoms with E-state index >= 15 is 0 Å². The molecule has 4 aromatic rings. The van der Waals surface area contributed by atoms with Gasteiger partial charge in [0.1, 0.15) is 23.4 Å². The first-order valence-electron chi connectivity index (χ1n) is 15.1. The number of nitrogens with zero attached hydrogens (tertiary/aromatic N) is 5. The van der Waals surface area contributed by atoms with Crippen molar-refractivity contribution in [3.05, 3.63) is 65.9 Å². The van der Waals surface area contributed by atoms with Crippen molar-refractivity contribution in [3.8, 4) is 22.8 Å². The molecule has 2 aromatic heterocycles. The Morgan fingerprint density at radius 3 is 2.56 bits per heavy atom. The Labute approximate surface area is 253 Å². The lowest BCUT2D eigenvalue weighted by molar-refractivity contribution is -0.117. The number of methoxy groups -OCH3 is 2. The van der Waals surface area contributed by atoms with Gasteiger partial charge in [-0.15, -0.1) is 0 Å². The van der Waals surface area contributed by atoms with E-state index in [1.54, 1.807) is 14.2 Å². The van der Waals surface area contributed by atoms with Crippen molar-refractivity contribution >= 4 is 22.8 Å². The Morgan fingerprint density at radius 1 is 1.07 bits per heavy atom. The van der Waals surface area contributed by atoms with Crippen molar-refractivity contribution in [2.45, 2.75) is 51.0 Å². The van der Waals surface area contributed by atoms with Crippen molar-refractivity contribution in [1.29, 1.82) is 0 Å². The van der Waals surface area contributed by atoms with E-state index in [2.05, 4.69) is 33.7 Å². The highest BCUT2D eigenvalue weighted by atomic mass is 16.5. The van der Waals surface area contributed by atoms with Crippen LogP contribution in [0.15, 0.2) is 48.8 Å². The maximum absolute atomic E-state index is 13.5. The number of anilines is 2. The van der Waals surface area contributed by atoms with E-state index in [0.717, 1.165) is 70.6 Å². The number of hydrogen-bond acceptors (Lipinski definition) is 7. The lowest BCUT2D eigenvalue weighted by Gasteiger charge is -2.29. The molecule has 1 fully saturated rings.